The lowest BCUT2D eigenvalue weighted by atomic mass is 9.98. The van der Waals surface area contributed by atoms with Crippen LogP contribution in [0.2, 0.25) is 0 Å². The lowest BCUT2D eigenvalue weighted by Crippen LogP contribution is -2.39. The van der Waals surface area contributed by atoms with Gasteiger partial charge in [0.25, 0.3) is 0 Å². The molecule has 1 amide bonds. The van der Waals surface area contributed by atoms with Gasteiger partial charge in [0.2, 0.25) is 5.91 Å². The summed E-state index contributed by atoms with van der Waals surface area (Å²) in [6.07, 6.45) is -0.979. The molecule has 23 heavy (non-hydrogen) atoms. The first kappa shape index (κ1) is 17.1. The molecule has 0 saturated carbocycles. The van der Waals surface area contributed by atoms with E-state index in [0.29, 0.717) is 11.1 Å². The molecule has 0 radical (unpaired) electrons. The van der Waals surface area contributed by atoms with Gasteiger partial charge in [0.15, 0.2) is 0 Å². The molecule has 0 bridgehead atoms. The molecule has 0 aliphatic heterocycles. The van der Waals surface area contributed by atoms with Gasteiger partial charge in [-0.05, 0) is 43.2 Å². The van der Waals surface area contributed by atoms with Crippen molar-refractivity contribution in [2.45, 2.75) is 31.9 Å². The molecular weight excluding hydrogens is 300 g/mol. The third-order valence-electron chi connectivity index (χ3n) is 3.82. The van der Waals surface area contributed by atoms with Gasteiger partial charge in [0.1, 0.15) is 11.6 Å². The van der Waals surface area contributed by atoms with Crippen molar-refractivity contribution in [2.75, 3.05) is 0 Å². The molecule has 3 nitrogen and oxygen atoms in total. The topological polar surface area (TPSA) is 49.3 Å². The highest BCUT2D eigenvalue weighted by Gasteiger charge is 2.23. The second-order valence-electron chi connectivity index (χ2n) is 5.54. The zero-order valence-electron chi connectivity index (χ0n) is 13.0. The summed E-state index contributed by atoms with van der Waals surface area (Å²) in [6.45, 7) is 3.24. The van der Waals surface area contributed by atoms with Crippen LogP contribution < -0.4 is 5.32 Å². The van der Waals surface area contributed by atoms with Gasteiger partial charge >= 0.3 is 0 Å². The summed E-state index contributed by atoms with van der Waals surface area (Å²) >= 11 is 0. The Morgan fingerprint density at radius 1 is 1.04 bits per heavy atom. The van der Waals surface area contributed by atoms with Crippen molar-refractivity contribution < 1.29 is 18.7 Å². The summed E-state index contributed by atoms with van der Waals surface area (Å²) in [6, 6.07) is 10.9. The van der Waals surface area contributed by atoms with Crippen LogP contribution in [-0.4, -0.2) is 17.1 Å². The van der Waals surface area contributed by atoms with E-state index >= 15 is 0 Å². The van der Waals surface area contributed by atoms with E-state index in [-0.39, 0.29) is 5.91 Å². The van der Waals surface area contributed by atoms with Crippen LogP contribution in [0.25, 0.3) is 0 Å². The van der Waals surface area contributed by atoms with Crippen LogP contribution in [0.15, 0.2) is 48.5 Å². The predicted molar refractivity (Wildman–Crippen MR) is 83.8 cm³/mol. The summed E-state index contributed by atoms with van der Waals surface area (Å²) in [5, 5.41) is 12.9. The van der Waals surface area contributed by atoms with Crippen LogP contribution in [0.4, 0.5) is 8.78 Å². The molecule has 0 heterocycles. The minimum absolute atomic E-state index is 0.300. The molecule has 2 aromatic rings. The van der Waals surface area contributed by atoms with Crippen molar-refractivity contribution in [1.82, 2.24) is 5.32 Å². The highest BCUT2D eigenvalue weighted by atomic mass is 19.1. The minimum Gasteiger partial charge on any atom is -0.386 e. The van der Waals surface area contributed by atoms with Crippen LogP contribution in [0.3, 0.4) is 0 Å². The van der Waals surface area contributed by atoms with Crippen LogP contribution in [0, 0.1) is 11.6 Å². The maximum absolute atomic E-state index is 13.7. The van der Waals surface area contributed by atoms with Crippen molar-refractivity contribution in [3.05, 3.63) is 71.3 Å². The summed E-state index contributed by atoms with van der Waals surface area (Å²) in [4.78, 5) is 12.2. The highest BCUT2D eigenvalue weighted by molar-refractivity contribution is 5.83. The Kier molecular flexibility index (Phi) is 5.45. The average Bonchev–Trinajstić information content (AvgIpc) is 2.54. The maximum atomic E-state index is 13.7. The van der Waals surface area contributed by atoms with Crippen LogP contribution >= 0.6 is 0 Å². The zero-order chi connectivity index (χ0) is 17.0. The number of halogens is 2. The fourth-order valence-corrected chi connectivity index (χ4v) is 2.34. The van der Waals surface area contributed by atoms with E-state index < -0.39 is 29.7 Å². The Morgan fingerprint density at radius 2 is 1.65 bits per heavy atom. The van der Waals surface area contributed by atoms with E-state index in [1.165, 1.54) is 30.3 Å². The van der Waals surface area contributed by atoms with E-state index in [1.807, 2.05) is 0 Å². The highest BCUT2D eigenvalue weighted by Crippen LogP contribution is 2.21. The van der Waals surface area contributed by atoms with Gasteiger partial charge in [0.05, 0.1) is 18.1 Å². The van der Waals surface area contributed by atoms with E-state index in [1.54, 1.807) is 32.0 Å². The van der Waals surface area contributed by atoms with Gasteiger partial charge in [-0.3, -0.25) is 4.79 Å². The number of nitrogens with one attached hydrogen (secondary N) is 1. The number of benzene rings is 2. The Balaban J connectivity index is 2.04. The number of carbonyl (C=O) groups excluding carboxylic acids is 1. The van der Waals surface area contributed by atoms with E-state index in [2.05, 4.69) is 5.32 Å². The van der Waals surface area contributed by atoms with Crippen molar-refractivity contribution in [3.63, 3.8) is 0 Å². The van der Waals surface area contributed by atoms with E-state index in [4.69, 9.17) is 0 Å². The van der Waals surface area contributed by atoms with Gasteiger partial charge < -0.3 is 10.4 Å². The van der Waals surface area contributed by atoms with Crippen molar-refractivity contribution in [1.29, 1.82) is 0 Å². The summed E-state index contributed by atoms with van der Waals surface area (Å²) < 4.78 is 26.6. The molecular formula is C18H19F2NO2. The second-order valence-corrected chi connectivity index (χ2v) is 5.54. The number of aliphatic hydroxyl groups is 1. The molecule has 2 N–H and O–H groups in total. The van der Waals surface area contributed by atoms with Crippen LogP contribution in [-0.2, 0) is 4.79 Å². The molecule has 122 valence electrons. The smallest absolute Gasteiger partial charge is 0.227 e. The Labute approximate surface area is 134 Å². The van der Waals surface area contributed by atoms with Crippen molar-refractivity contribution in [2.24, 2.45) is 0 Å². The number of rotatable bonds is 5. The van der Waals surface area contributed by atoms with E-state index in [9.17, 15) is 18.7 Å². The largest absolute Gasteiger partial charge is 0.386 e. The Morgan fingerprint density at radius 3 is 2.26 bits per heavy atom. The summed E-state index contributed by atoms with van der Waals surface area (Å²) in [5.41, 5.74) is 0.797. The quantitative estimate of drug-likeness (QED) is 0.888. The van der Waals surface area contributed by atoms with Crippen LogP contribution in [0.5, 0.6) is 0 Å². The number of hydrogen-bond acceptors (Lipinski definition) is 2. The van der Waals surface area contributed by atoms with E-state index in [0.717, 1.165) is 0 Å². The summed E-state index contributed by atoms with van der Waals surface area (Å²) in [5.74, 6) is -1.91. The normalized spacial score (nSPS) is 14.8. The molecule has 2 aromatic carbocycles. The molecule has 0 aliphatic carbocycles. The van der Waals surface area contributed by atoms with Gasteiger partial charge in [0, 0.05) is 0 Å². The van der Waals surface area contributed by atoms with Gasteiger partial charge in [-0.25, -0.2) is 8.78 Å². The van der Waals surface area contributed by atoms with Gasteiger partial charge in [-0.15, -0.1) is 0 Å². The fraction of sp³-hybridized carbons (Fsp3) is 0.278. The first-order chi connectivity index (χ1) is 10.9. The number of carbonyl (C=O) groups is 1. The molecule has 2 rings (SSSR count). The third kappa shape index (κ3) is 4.13. The monoisotopic (exact) mass is 319 g/mol. The Bertz CT molecular complexity index is 673. The SMILES string of the molecule is CC(C(=O)NC(C)C(O)c1ccc(F)cc1)c1ccccc1F. The molecule has 0 aliphatic rings. The van der Waals surface area contributed by atoms with Crippen LogP contribution in [0.1, 0.15) is 37.0 Å². The molecule has 0 fully saturated rings. The fourth-order valence-electron chi connectivity index (χ4n) is 2.34. The summed E-state index contributed by atoms with van der Waals surface area (Å²) in [7, 11) is 0. The second kappa shape index (κ2) is 7.33. The third-order valence-corrected chi connectivity index (χ3v) is 3.82. The zero-order valence-corrected chi connectivity index (χ0v) is 13.0. The first-order valence-electron chi connectivity index (χ1n) is 7.38. The lowest BCUT2D eigenvalue weighted by molar-refractivity contribution is -0.123. The number of hydrogen-bond donors (Lipinski definition) is 2. The maximum Gasteiger partial charge on any atom is 0.227 e. The van der Waals surface area contributed by atoms with Gasteiger partial charge in [-0.2, -0.15) is 0 Å². The average molecular weight is 319 g/mol. The van der Waals surface area contributed by atoms with Crippen molar-refractivity contribution >= 4 is 5.91 Å². The number of amides is 1. The molecule has 3 atom stereocenters. The number of aliphatic hydroxyl groups excluding tert-OH is 1. The van der Waals surface area contributed by atoms with Gasteiger partial charge in [-0.1, -0.05) is 30.3 Å². The molecule has 5 heteroatoms. The molecule has 3 unspecified atom stereocenters. The lowest BCUT2D eigenvalue weighted by Gasteiger charge is -2.23. The minimum atomic E-state index is -0.979. The molecule has 0 aromatic heterocycles. The standard InChI is InChI=1S/C18H19F2NO2/c1-11(15-5-3-4-6-16(15)20)18(23)21-12(2)17(22)13-7-9-14(19)10-8-13/h3-12,17,22H,1-2H3,(H,21,23). The Hall–Kier alpha value is -2.27. The molecule has 0 saturated heterocycles. The molecule has 0 spiro atoms. The van der Waals surface area contributed by atoms with Crippen molar-refractivity contribution in [3.8, 4) is 0 Å². The first-order valence-corrected chi connectivity index (χ1v) is 7.38. The predicted octanol–water partition coefficient (Wildman–Crippen LogP) is 3.31.